The summed E-state index contributed by atoms with van der Waals surface area (Å²) in [7, 11) is 0. The van der Waals surface area contributed by atoms with Gasteiger partial charge in [0.1, 0.15) is 12.4 Å². The summed E-state index contributed by atoms with van der Waals surface area (Å²) in [6.45, 7) is 1.82. The summed E-state index contributed by atoms with van der Waals surface area (Å²) >= 11 is 5.84. The van der Waals surface area contributed by atoms with Crippen molar-refractivity contribution >= 4 is 11.6 Å². The summed E-state index contributed by atoms with van der Waals surface area (Å²) in [5.41, 5.74) is 1.06. The van der Waals surface area contributed by atoms with Crippen LogP contribution in [0.15, 0.2) is 36.4 Å². The first-order valence-corrected chi connectivity index (χ1v) is 5.77. The molecule has 1 nitrogen and oxygen atoms in total. The van der Waals surface area contributed by atoms with Crippen molar-refractivity contribution in [1.82, 2.24) is 0 Å². The third-order valence-corrected chi connectivity index (χ3v) is 2.80. The van der Waals surface area contributed by atoms with Crippen molar-refractivity contribution in [3.63, 3.8) is 0 Å². The van der Waals surface area contributed by atoms with Crippen LogP contribution in [0.5, 0.6) is 5.75 Å². The zero-order valence-electron chi connectivity index (χ0n) is 9.71. The van der Waals surface area contributed by atoms with Crippen molar-refractivity contribution in [2.24, 2.45) is 0 Å². The van der Waals surface area contributed by atoms with Gasteiger partial charge in [-0.25, -0.2) is 8.78 Å². The van der Waals surface area contributed by atoms with Crippen LogP contribution in [0.1, 0.15) is 11.1 Å². The Morgan fingerprint density at radius 3 is 2.72 bits per heavy atom. The highest BCUT2D eigenvalue weighted by Crippen LogP contribution is 2.24. The highest BCUT2D eigenvalue weighted by molar-refractivity contribution is 6.30. The van der Waals surface area contributed by atoms with Gasteiger partial charge in [-0.15, -0.1) is 0 Å². The van der Waals surface area contributed by atoms with Gasteiger partial charge in [-0.2, -0.15) is 0 Å². The minimum atomic E-state index is -0.878. The Hall–Kier alpha value is -1.61. The van der Waals surface area contributed by atoms with Crippen LogP contribution in [0.4, 0.5) is 8.78 Å². The molecule has 0 saturated heterocycles. The van der Waals surface area contributed by atoms with Crippen LogP contribution in [-0.2, 0) is 6.61 Å². The molecule has 0 aromatic heterocycles. The maximum Gasteiger partial charge on any atom is 0.165 e. The van der Waals surface area contributed by atoms with E-state index in [-0.39, 0.29) is 12.2 Å². The quantitative estimate of drug-likeness (QED) is 0.796. The molecule has 0 bridgehead atoms. The van der Waals surface area contributed by atoms with Gasteiger partial charge in [-0.05, 0) is 30.7 Å². The molecule has 2 aromatic rings. The minimum Gasteiger partial charge on any atom is -0.488 e. The fourth-order valence-corrected chi connectivity index (χ4v) is 1.71. The topological polar surface area (TPSA) is 9.23 Å². The lowest BCUT2D eigenvalue weighted by Crippen LogP contribution is -2.01. The fraction of sp³-hybridized carbons (Fsp3) is 0.143. The van der Waals surface area contributed by atoms with E-state index in [9.17, 15) is 8.78 Å². The van der Waals surface area contributed by atoms with E-state index in [0.29, 0.717) is 10.8 Å². The van der Waals surface area contributed by atoms with Crippen LogP contribution in [0, 0.1) is 18.6 Å². The second kappa shape index (κ2) is 5.36. The lowest BCUT2D eigenvalue weighted by Gasteiger charge is -2.10. The summed E-state index contributed by atoms with van der Waals surface area (Å²) in [5, 5.41) is 0.537. The van der Waals surface area contributed by atoms with Gasteiger partial charge in [0.25, 0.3) is 0 Å². The lowest BCUT2D eigenvalue weighted by atomic mass is 10.2. The van der Waals surface area contributed by atoms with E-state index in [1.165, 1.54) is 12.1 Å². The summed E-state index contributed by atoms with van der Waals surface area (Å²) in [6.07, 6.45) is 0. The van der Waals surface area contributed by atoms with E-state index >= 15 is 0 Å². The standard InChI is InChI=1S/C14H11ClF2O/c1-9-5-6-11(15)7-13(9)18-8-10-3-2-4-12(16)14(10)17/h2-7H,8H2,1H3. The maximum atomic E-state index is 13.4. The number of ether oxygens (including phenoxy) is 1. The van der Waals surface area contributed by atoms with E-state index in [1.807, 2.05) is 6.92 Å². The Bertz CT molecular complexity index is 568. The van der Waals surface area contributed by atoms with Crippen molar-refractivity contribution in [3.8, 4) is 5.75 Å². The molecule has 0 aliphatic rings. The van der Waals surface area contributed by atoms with Gasteiger partial charge < -0.3 is 4.74 Å². The van der Waals surface area contributed by atoms with Crippen molar-refractivity contribution in [1.29, 1.82) is 0 Å². The van der Waals surface area contributed by atoms with Crippen molar-refractivity contribution in [2.75, 3.05) is 0 Å². The summed E-state index contributed by atoms with van der Waals surface area (Å²) < 4.78 is 31.8. The molecule has 4 heteroatoms. The predicted molar refractivity (Wildman–Crippen MR) is 66.9 cm³/mol. The van der Waals surface area contributed by atoms with Gasteiger partial charge in [0.15, 0.2) is 11.6 Å². The summed E-state index contributed by atoms with van der Waals surface area (Å²) in [6, 6.07) is 9.20. The highest BCUT2D eigenvalue weighted by Gasteiger charge is 2.09. The zero-order valence-corrected chi connectivity index (χ0v) is 10.5. The van der Waals surface area contributed by atoms with Crippen LogP contribution in [0.3, 0.4) is 0 Å². The Morgan fingerprint density at radius 1 is 1.17 bits per heavy atom. The lowest BCUT2D eigenvalue weighted by molar-refractivity contribution is 0.295. The largest absolute Gasteiger partial charge is 0.488 e. The monoisotopic (exact) mass is 268 g/mol. The van der Waals surface area contributed by atoms with Crippen LogP contribution in [-0.4, -0.2) is 0 Å². The molecule has 0 saturated carbocycles. The predicted octanol–water partition coefficient (Wildman–Crippen LogP) is 4.51. The van der Waals surface area contributed by atoms with E-state index in [2.05, 4.69) is 0 Å². The average molecular weight is 269 g/mol. The third-order valence-electron chi connectivity index (χ3n) is 2.56. The first-order valence-electron chi connectivity index (χ1n) is 5.40. The van der Waals surface area contributed by atoms with Crippen molar-refractivity contribution in [2.45, 2.75) is 13.5 Å². The second-order valence-corrected chi connectivity index (χ2v) is 4.35. The molecule has 2 aromatic carbocycles. The molecular weight excluding hydrogens is 258 g/mol. The van der Waals surface area contributed by atoms with Crippen LogP contribution in [0.25, 0.3) is 0 Å². The summed E-state index contributed by atoms with van der Waals surface area (Å²) in [5.74, 6) is -1.19. The second-order valence-electron chi connectivity index (χ2n) is 3.91. The number of rotatable bonds is 3. The van der Waals surface area contributed by atoms with Gasteiger partial charge in [-0.1, -0.05) is 29.8 Å². The highest BCUT2D eigenvalue weighted by atomic mass is 35.5. The van der Waals surface area contributed by atoms with Crippen molar-refractivity contribution in [3.05, 3.63) is 64.2 Å². The molecule has 0 fully saturated rings. The SMILES string of the molecule is Cc1ccc(Cl)cc1OCc1cccc(F)c1F. The molecule has 18 heavy (non-hydrogen) atoms. The van der Waals surface area contributed by atoms with E-state index in [1.54, 1.807) is 18.2 Å². The van der Waals surface area contributed by atoms with Crippen molar-refractivity contribution < 1.29 is 13.5 Å². The van der Waals surface area contributed by atoms with E-state index in [4.69, 9.17) is 16.3 Å². The molecule has 0 aliphatic heterocycles. The number of hydrogen-bond donors (Lipinski definition) is 0. The zero-order chi connectivity index (χ0) is 13.1. The first-order chi connectivity index (χ1) is 8.58. The Morgan fingerprint density at radius 2 is 1.94 bits per heavy atom. The van der Waals surface area contributed by atoms with Gasteiger partial charge in [0.05, 0.1) is 0 Å². The molecular formula is C14H11ClF2O. The average Bonchev–Trinajstić information content (AvgIpc) is 2.35. The molecule has 0 radical (unpaired) electrons. The molecule has 0 aliphatic carbocycles. The minimum absolute atomic E-state index is 0.0369. The van der Waals surface area contributed by atoms with Gasteiger partial charge in [0, 0.05) is 10.6 Å². The molecule has 94 valence electrons. The molecule has 2 rings (SSSR count). The molecule has 0 N–H and O–H groups in total. The smallest absolute Gasteiger partial charge is 0.165 e. The Balaban J connectivity index is 2.16. The van der Waals surface area contributed by atoms with Crippen LogP contribution < -0.4 is 4.74 Å². The molecule has 0 heterocycles. The molecule has 0 spiro atoms. The normalized spacial score (nSPS) is 10.4. The number of benzene rings is 2. The van der Waals surface area contributed by atoms with E-state index in [0.717, 1.165) is 11.6 Å². The van der Waals surface area contributed by atoms with Gasteiger partial charge >= 0.3 is 0 Å². The fourth-order valence-electron chi connectivity index (χ4n) is 1.54. The Kier molecular flexibility index (Phi) is 3.82. The molecule has 0 atom stereocenters. The number of halogens is 3. The van der Waals surface area contributed by atoms with Crippen LogP contribution >= 0.6 is 11.6 Å². The Labute approximate surface area is 109 Å². The maximum absolute atomic E-state index is 13.4. The molecule has 0 unspecified atom stereocenters. The van der Waals surface area contributed by atoms with Crippen LogP contribution in [0.2, 0.25) is 5.02 Å². The van der Waals surface area contributed by atoms with Gasteiger partial charge in [-0.3, -0.25) is 0 Å². The molecule has 0 amide bonds. The summed E-state index contributed by atoms with van der Waals surface area (Å²) in [4.78, 5) is 0. The van der Waals surface area contributed by atoms with Gasteiger partial charge in [0.2, 0.25) is 0 Å². The number of hydrogen-bond acceptors (Lipinski definition) is 1. The first kappa shape index (κ1) is 12.8. The number of aryl methyl sites for hydroxylation is 1. The van der Waals surface area contributed by atoms with E-state index < -0.39 is 11.6 Å². The third kappa shape index (κ3) is 2.79.